The minimum Gasteiger partial charge on any atom is -0.486 e. The second kappa shape index (κ2) is 8.12. The topological polar surface area (TPSA) is 70.2 Å². The van der Waals surface area contributed by atoms with E-state index in [0.717, 1.165) is 41.1 Å². The lowest BCUT2D eigenvalue weighted by Gasteiger charge is -2.61. The van der Waals surface area contributed by atoms with Crippen LogP contribution in [-0.2, 0) is 0 Å². The summed E-state index contributed by atoms with van der Waals surface area (Å²) in [5.41, 5.74) is 3.81. The average Bonchev–Trinajstić information content (AvgIpc) is 3.21. The number of halogens is 2. The van der Waals surface area contributed by atoms with Gasteiger partial charge in [-0.05, 0) is 50.7 Å². The number of benzene rings is 1. The highest BCUT2D eigenvalue weighted by molar-refractivity contribution is 6.35. The predicted octanol–water partition coefficient (Wildman–Crippen LogP) is 5.36. The van der Waals surface area contributed by atoms with Crippen molar-refractivity contribution in [1.29, 1.82) is 0 Å². The Morgan fingerprint density at radius 2 is 1.88 bits per heavy atom. The first kappa shape index (κ1) is 21.6. The maximum atomic E-state index is 6.30. The molecular formula is C25H24Cl2N6O. The van der Waals surface area contributed by atoms with E-state index < -0.39 is 0 Å². The van der Waals surface area contributed by atoms with Gasteiger partial charge in [0.15, 0.2) is 0 Å². The van der Waals surface area contributed by atoms with Gasteiger partial charge >= 0.3 is 0 Å². The Labute approximate surface area is 207 Å². The zero-order valence-corrected chi connectivity index (χ0v) is 20.4. The number of likely N-dealkylation sites (tertiary alicyclic amines) is 1. The molecule has 0 saturated carbocycles. The molecule has 174 valence electrons. The summed E-state index contributed by atoms with van der Waals surface area (Å²) in [6, 6.07) is 10.0. The molecule has 3 aromatic heterocycles. The molecule has 34 heavy (non-hydrogen) atoms. The zero-order valence-electron chi connectivity index (χ0n) is 18.9. The van der Waals surface area contributed by atoms with Crippen molar-refractivity contribution in [2.45, 2.75) is 25.0 Å². The highest BCUT2D eigenvalue weighted by atomic mass is 35.5. The first-order chi connectivity index (χ1) is 16.4. The van der Waals surface area contributed by atoms with Crippen LogP contribution in [0.1, 0.15) is 25.0 Å². The lowest BCUT2D eigenvalue weighted by Crippen LogP contribution is -2.76. The van der Waals surface area contributed by atoms with Crippen molar-refractivity contribution in [1.82, 2.24) is 25.1 Å². The van der Waals surface area contributed by atoms with Gasteiger partial charge in [-0.1, -0.05) is 23.2 Å². The van der Waals surface area contributed by atoms with Gasteiger partial charge in [-0.3, -0.25) is 15.0 Å². The number of ether oxygens (including phenoxy) is 1. The number of likely N-dealkylation sites (N-methyl/N-ethyl adjacent to an activating group) is 1. The summed E-state index contributed by atoms with van der Waals surface area (Å²) in [7, 11) is 2.21. The molecule has 9 heteroatoms. The van der Waals surface area contributed by atoms with E-state index in [-0.39, 0.29) is 6.10 Å². The van der Waals surface area contributed by atoms with Gasteiger partial charge in [0.25, 0.3) is 0 Å². The largest absolute Gasteiger partial charge is 0.486 e. The number of H-pyrrole nitrogens is 1. The van der Waals surface area contributed by atoms with Crippen LogP contribution in [0.2, 0.25) is 10.0 Å². The molecule has 1 spiro atoms. The van der Waals surface area contributed by atoms with E-state index in [0.29, 0.717) is 26.9 Å². The standard InChI is InChI=1S/C25H24Cl2N6O/c1-15(23-19(26)11-28-12-20(23)27)34-17-4-5-21-18(9-17)24(31-30-21)16-3-6-22(29-10-16)33-13-25(14-33)7-8-32(25)2/h3-6,9-12,15H,7-8,13-14H2,1-2H3,(H,30,31)/t15-/m1/s1. The average molecular weight is 495 g/mol. The van der Waals surface area contributed by atoms with Crippen molar-refractivity contribution in [3.63, 3.8) is 0 Å². The quantitative estimate of drug-likeness (QED) is 0.402. The van der Waals surface area contributed by atoms with Crippen LogP contribution in [0.4, 0.5) is 5.82 Å². The summed E-state index contributed by atoms with van der Waals surface area (Å²) in [5, 5.41) is 9.58. The monoisotopic (exact) mass is 494 g/mol. The number of rotatable bonds is 5. The van der Waals surface area contributed by atoms with Gasteiger partial charge < -0.3 is 9.64 Å². The highest BCUT2D eigenvalue weighted by Gasteiger charge is 2.51. The van der Waals surface area contributed by atoms with Crippen LogP contribution in [0.15, 0.2) is 48.9 Å². The molecule has 1 N–H and O–H groups in total. The first-order valence-electron chi connectivity index (χ1n) is 11.3. The minimum atomic E-state index is -0.341. The van der Waals surface area contributed by atoms with Gasteiger partial charge in [0.1, 0.15) is 23.4 Å². The van der Waals surface area contributed by atoms with E-state index >= 15 is 0 Å². The molecule has 7 nitrogen and oxygen atoms in total. The van der Waals surface area contributed by atoms with Crippen LogP contribution in [0.25, 0.3) is 22.2 Å². The van der Waals surface area contributed by atoms with E-state index in [1.54, 1.807) is 12.4 Å². The Morgan fingerprint density at radius 1 is 1.09 bits per heavy atom. The molecule has 5 heterocycles. The number of hydrogen-bond donors (Lipinski definition) is 1. The number of anilines is 1. The zero-order chi connectivity index (χ0) is 23.4. The Kier molecular flexibility index (Phi) is 5.17. The Bertz CT molecular complexity index is 1350. The van der Waals surface area contributed by atoms with Crippen molar-refractivity contribution < 1.29 is 4.74 Å². The summed E-state index contributed by atoms with van der Waals surface area (Å²) in [4.78, 5) is 13.5. The molecular weight excluding hydrogens is 471 g/mol. The molecule has 0 radical (unpaired) electrons. The smallest absolute Gasteiger partial charge is 0.128 e. The number of pyridine rings is 2. The molecule has 0 aliphatic carbocycles. The Balaban J connectivity index is 1.23. The molecule has 2 saturated heterocycles. The second-order valence-electron chi connectivity index (χ2n) is 9.21. The third kappa shape index (κ3) is 3.50. The maximum absolute atomic E-state index is 6.30. The van der Waals surface area contributed by atoms with Gasteiger partial charge in [0.2, 0.25) is 0 Å². The fraction of sp³-hybridized carbons (Fsp3) is 0.320. The van der Waals surface area contributed by atoms with Crippen molar-refractivity contribution in [3.05, 3.63) is 64.5 Å². The lowest BCUT2D eigenvalue weighted by atomic mass is 9.78. The maximum Gasteiger partial charge on any atom is 0.128 e. The Hall–Kier alpha value is -2.87. The normalized spacial score (nSPS) is 18.1. The lowest BCUT2D eigenvalue weighted by molar-refractivity contribution is -0.0131. The molecule has 1 aromatic carbocycles. The fourth-order valence-electron chi connectivity index (χ4n) is 4.95. The summed E-state index contributed by atoms with van der Waals surface area (Å²) in [5.74, 6) is 1.71. The molecule has 4 aromatic rings. The van der Waals surface area contributed by atoms with E-state index in [9.17, 15) is 0 Å². The molecule has 1 atom stereocenters. The van der Waals surface area contributed by atoms with Crippen LogP contribution < -0.4 is 9.64 Å². The summed E-state index contributed by atoms with van der Waals surface area (Å²) >= 11 is 12.6. The number of fused-ring (bicyclic) bond motifs is 1. The van der Waals surface area contributed by atoms with Crippen molar-refractivity contribution >= 4 is 39.9 Å². The Morgan fingerprint density at radius 3 is 2.53 bits per heavy atom. The van der Waals surface area contributed by atoms with E-state index in [1.165, 1.54) is 13.0 Å². The molecule has 0 unspecified atom stereocenters. The van der Waals surface area contributed by atoms with Crippen molar-refractivity contribution in [2.24, 2.45) is 0 Å². The molecule has 6 rings (SSSR count). The van der Waals surface area contributed by atoms with Crippen LogP contribution in [0.5, 0.6) is 5.75 Å². The number of nitrogens with zero attached hydrogens (tertiary/aromatic N) is 5. The third-order valence-electron chi connectivity index (χ3n) is 7.18. The van der Waals surface area contributed by atoms with Gasteiger partial charge in [0, 0.05) is 54.7 Å². The van der Waals surface area contributed by atoms with E-state index in [2.05, 4.69) is 44.2 Å². The fourth-order valence-corrected chi connectivity index (χ4v) is 5.62. The number of aromatic nitrogens is 4. The second-order valence-corrected chi connectivity index (χ2v) is 10.0. The van der Waals surface area contributed by atoms with Crippen LogP contribution >= 0.6 is 23.2 Å². The first-order valence-corrected chi connectivity index (χ1v) is 12.1. The number of hydrogen-bond acceptors (Lipinski definition) is 6. The predicted molar refractivity (Wildman–Crippen MR) is 135 cm³/mol. The van der Waals surface area contributed by atoms with Crippen LogP contribution in [-0.4, -0.2) is 57.3 Å². The number of nitrogens with one attached hydrogen (secondary N) is 1. The van der Waals surface area contributed by atoms with Gasteiger partial charge in [-0.2, -0.15) is 5.10 Å². The molecule has 0 bridgehead atoms. The van der Waals surface area contributed by atoms with Crippen molar-refractivity contribution in [2.75, 3.05) is 31.6 Å². The minimum absolute atomic E-state index is 0.341. The van der Waals surface area contributed by atoms with Gasteiger partial charge in [0.05, 0.1) is 21.1 Å². The summed E-state index contributed by atoms with van der Waals surface area (Å²) < 4.78 is 6.18. The summed E-state index contributed by atoms with van der Waals surface area (Å²) in [6.07, 6.45) is 5.97. The van der Waals surface area contributed by atoms with E-state index in [4.69, 9.17) is 32.9 Å². The van der Waals surface area contributed by atoms with Crippen LogP contribution in [0.3, 0.4) is 0 Å². The summed E-state index contributed by atoms with van der Waals surface area (Å²) in [6.45, 7) is 5.20. The van der Waals surface area contributed by atoms with Gasteiger partial charge in [-0.15, -0.1) is 0 Å². The highest BCUT2D eigenvalue weighted by Crippen LogP contribution is 2.40. The SMILES string of the molecule is C[C@@H](Oc1ccc2[nH]nc(-c3ccc(N4CC5(CCN5C)C4)nc3)c2c1)c1c(Cl)cncc1Cl. The molecule has 2 aliphatic heterocycles. The van der Waals surface area contributed by atoms with Crippen molar-refractivity contribution in [3.8, 4) is 17.0 Å². The molecule has 2 aliphatic rings. The molecule has 2 fully saturated rings. The third-order valence-corrected chi connectivity index (χ3v) is 7.78. The molecule has 0 amide bonds. The van der Waals surface area contributed by atoms with E-state index in [1.807, 2.05) is 31.3 Å². The van der Waals surface area contributed by atoms with Gasteiger partial charge in [-0.25, -0.2) is 4.98 Å². The number of aromatic amines is 1. The van der Waals surface area contributed by atoms with Crippen LogP contribution in [0, 0.1) is 0 Å².